The first-order chi connectivity index (χ1) is 12.4. The predicted octanol–water partition coefficient (Wildman–Crippen LogP) is 3.98. The molecule has 5 atom stereocenters. The minimum atomic E-state index is -0.461. The minimum absolute atomic E-state index is 0.118. The Hall–Kier alpha value is -1.55. The number of benzene rings is 1. The molecule has 5 rings (SSSR count). The molecule has 0 radical (unpaired) electrons. The number of halogens is 1. The van der Waals surface area contributed by atoms with Crippen molar-refractivity contribution in [2.45, 2.75) is 56.4 Å². The van der Waals surface area contributed by atoms with E-state index in [1.807, 2.05) is 37.3 Å². The third kappa shape index (κ3) is 3.36. The summed E-state index contributed by atoms with van der Waals surface area (Å²) in [5.41, 5.74) is 0.564. The number of ether oxygens (including phenoxy) is 1. The summed E-state index contributed by atoms with van der Waals surface area (Å²) >= 11 is 6.78. The average Bonchev–Trinajstić information content (AvgIpc) is 2.58. The van der Waals surface area contributed by atoms with Gasteiger partial charge in [0.2, 0.25) is 0 Å². The van der Waals surface area contributed by atoms with E-state index >= 15 is 0 Å². The van der Waals surface area contributed by atoms with Gasteiger partial charge in [-0.05, 0) is 62.8 Å². The fourth-order valence-electron chi connectivity index (χ4n) is 5.78. The molecule has 1 N–H and O–H groups in total. The number of hydrogen-bond acceptors (Lipinski definition) is 3. The molecular formula is C21H26ClNO3. The van der Waals surface area contributed by atoms with E-state index in [0.717, 1.165) is 31.2 Å². The molecule has 1 aromatic rings. The molecule has 0 aliphatic heterocycles. The number of rotatable bonds is 5. The standard InChI is InChI=1S/C21H26ClNO3/c1-14(17-5-3-2-4-6-17)23-18(24)12-26-19(25)20-8-15-7-16(9-20)11-21(22,10-15)13-20/h2-6,14-16H,7-13H2,1H3,(H,23,24)/t14-,15-,16+,20?,21?/m1/s1. The van der Waals surface area contributed by atoms with Crippen LogP contribution in [0.4, 0.5) is 0 Å². The topological polar surface area (TPSA) is 55.4 Å². The molecule has 4 saturated carbocycles. The smallest absolute Gasteiger partial charge is 0.312 e. The van der Waals surface area contributed by atoms with Crippen LogP contribution >= 0.6 is 11.6 Å². The zero-order valence-corrected chi connectivity index (χ0v) is 15.9. The monoisotopic (exact) mass is 375 g/mol. The van der Waals surface area contributed by atoms with E-state index in [1.54, 1.807) is 0 Å². The third-order valence-corrected chi connectivity index (χ3v) is 6.88. The first kappa shape index (κ1) is 17.8. The Morgan fingerprint density at radius 2 is 1.85 bits per heavy atom. The largest absolute Gasteiger partial charge is 0.455 e. The van der Waals surface area contributed by atoms with Gasteiger partial charge in [0.05, 0.1) is 11.5 Å². The maximum absolute atomic E-state index is 12.8. The maximum Gasteiger partial charge on any atom is 0.312 e. The number of carbonyl (C=O) groups is 2. The summed E-state index contributed by atoms with van der Waals surface area (Å²) < 4.78 is 5.46. The van der Waals surface area contributed by atoms with Crippen LogP contribution < -0.4 is 5.32 Å². The van der Waals surface area contributed by atoms with Crippen LogP contribution in [0.5, 0.6) is 0 Å². The van der Waals surface area contributed by atoms with Crippen molar-refractivity contribution in [2.24, 2.45) is 17.3 Å². The lowest BCUT2D eigenvalue weighted by Crippen LogP contribution is -2.56. The van der Waals surface area contributed by atoms with Crippen molar-refractivity contribution in [1.29, 1.82) is 0 Å². The van der Waals surface area contributed by atoms with E-state index in [1.165, 1.54) is 6.42 Å². The van der Waals surface area contributed by atoms with Crippen LogP contribution in [0, 0.1) is 17.3 Å². The van der Waals surface area contributed by atoms with Crippen molar-refractivity contribution in [3.05, 3.63) is 35.9 Å². The molecule has 4 fully saturated rings. The zero-order chi connectivity index (χ0) is 18.4. The average molecular weight is 376 g/mol. The normalized spacial score (nSPS) is 35.8. The van der Waals surface area contributed by atoms with E-state index in [0.29, 0.717) is 18.3 Å². The lowest BCUT2D eigenvalue weighted by Gasteiger charge is -2.58. The lowest BCUT2D eigenvalue weighted by molar-refractivity contribution is -0.171. The molecule has 26 heavy (non-hydrogen) atoms. The Balaban J connectivity index is 1.33. The summed E-state index contributed by atoms with van der Waals surface area (Å²) in [4.78, 5) is 24.8. The summed E-state index contributed by atoms with van der Waals surface area (Å²) in [5, 5.41) is 2.89. The Kier molecular flexibility index (Phi) is 4.50. The van der Waals surface area contributed by atoms with Gasteiger partial charge in [0, 0.05) is 4.87 Å². The van der Waals surface area contributed by atoms with Crippen molar-refractivity contribution in [2.75, 3.05) is 6.61 Å². The van der Waals surface area contributed by atoms with Gasteiger partial charge in [0.15, 0.2) is 6.61 Å². The molecule has 140 valence electrons. The maximum atomic E-state index is 12.8. The van der Waals surface area contributed by atoms with Gasteiger partial charge in [0.25, 0.3) is 5.91 Å². The van der Waals surface area contributed by atoms with E-state index in [2.05, 4.69) is 5.32 Å². The molecule has 5 heteroatoms. The Morgan fingerprint density at radius 1 is 1.19 bits per heavy atom. The summed E-state index contributed by atoms with van der Waals surface area (Å²) in [5.74, 6) is 0.584. The second-order valence-corrected chi connectivity index (χ2v) is 9.47. The van der Waals surface area contributed by atoms with Crippen molar-refractivity contribution in [1.82, 2.24) is 5.32 Å². The molecule has 2 unspecified atom stereocenters. The minimum Gasteiger partial charge on any atom is -0.455 e. The Morgan fingerprint density at radius 3 is 2.46 bits per heavy atom. The van der Waals surface area contributed by atoms with Gasteiger partial charge in [-0.15, -0.1) is 11.6 Å². The van der Waals surface area contributed by atoms with Crippen LogP contribution in [0.15, 0.2) is 30.3 Å². The molecule has 1 amide bonds. The van der Waals surface area contributed by atoms with E-state index in [-0.39, 0.29) is 29.4 Å². The second-order valence-electron chi connectivity index (χ2n) is 8.67. The SMILES string of the molecule is C[C@@H](NC(=O)COC(=O)C12C[C@@H]3C[C@@H](CC(Cl)(C3)C1)C2)c1ccccc1. The molecule has 1 aromatic carbocycles. The van der Waals surface area contributed by atoms with Crippen LogP contribution in [-0.4, -0.2) is 23.4 Å². The van der Waals surface area contributed by atoms with Gasteiger partial charge in [-0.1, -0.05) is 30.3 Å². The van der Waals surface area contributed by atoms with Crippen molar-refractivity contribution in [3.63, 3.8) is 0 Å². The Labute approximate surface area is 159 Å². The van der Waals surface area contributed by atoms with Crippen molar-refractivity contribution < 1.29 is 14.3 Å². The van der Waals surface area contributed by atoms with Crippen molar-refractivity contribution in [3.8, 4) is 0 Å². The van der Waals surface area contributed by atoms with Crippen LogP contribution in [-0.2, 0) is 14.3 Å². The van der Waals surface area contributed by atoms with Gasteiger partial charge < -0.3 is 10.1 Å². The fraction of sp³-hybridized carbons (Fsp3) is 0.619. The van der Waals surface area contributed by atoms with Gasteiger partial charge in [-0.25, -0.2) is 0 Å². The highest BCUT2D eigenvalue weighted by atomic mass is 35.5. The molecular weight excluding hydrogens is 350 g/mol. The number of esters is 1. The van der Waals surface area contributed by atoms with Gasteiger partial charge >= 0.3 is 5.97 Å². The molecule has 0 spiro atoms. The number of alkyl halides is 1. The highest BCUT2D eigenvalue weighted by Crippen LogP contribution is 2.64. The quantitative estimate of drug-likeness (QED) is 0.625. The predicted molar refractivity (Wildman–Crippen MR) is 99.7 cm³/mol. The number of nitrogens with one attached hydrogen (secondary N) is 1. The van der Waals surface area contributed by atoms with Crippen LogP contribution in [0.1, 0.15) is 57.1 Å². The molecule has 0 saturated heterocycles. The molecule has 4 aliphatic carbocycles. The Bertz CT molecular complexity index is 690. The summed E-state index contributed by atoms with van der Waals surface area (Å²) in [6, 6.07) is 9.63. The van der Waals surface area contributed by atoms with E-state index in [9.17, 15) is 9.59 Å². The molecule has 0 aromatic heterocycles. The van der Waals surface area contributed by atoms with Crippen LogP contribution in [0.2, 0.25) is 0 Å². The second kappa shape index (κ2) is 6.56. The first-order valence-electron chi connectivity index (χ1n) is 9.58. The van der Waals surface area contributed by atoms with E-state index < -0.39 is 5.41 Å². The van der Waals surface area contributed by atoms with Crippen LogP contribution in [0.25, 0.3) is 0 Å². The lowest BCUT2D eigenvalue weighted by atomic mass is 9.49. The number of hydrogen-bond donors (Lipinski definition) is 1. The number of amides is 1. The molecule has 4 nitrogen and oxygen atoms in total. The van der Waals surface area contributed by atoms with Gasteiger partial charge in [0.1, 0.15) is 0 Å². The molecule has 4 bridgehead atoms. The molecule has 4 aliphatic rings. The highest BCUT2D eigenvalue weighted by molar-refractivity contribution is 6.24. The van der Waals surface area contributed by atoms with Crippen molar-refractivity contribution >= 4 is 23.5 Å². The first-order valence-corrected chi connectivity index (χ1v) is 9.96. The van der Waals surface area contributed by atoms with Gasteiger partial charge in [-0.3, -0.25) is 9.59 Å². The summed E-state index contributed by atoms with van der Waals surface area (Å²) in [6.07, 6.45) is 5.69. The van der Waals surface area contributed by atoms with Crippen LogP contribution in [0.3, 0.4) is 0 Å². The van der Waals surface area contributed by atoms with E-state index in [4.69, 9.17) is 16.3 Å². The fourth-order valence-corrected chi connectivity index (χ4v) is 6.47. The zero-order valence-electron chi connectivity index (χ0n) is 15.2. The molecule has 0 heterocycles. The highest BCUT2D eigenvalue weighted by Gasteiger charge is 2.60. The summed E-state index contributed by atoms with van der Waals surface area (Å²) in [7, 11) is 0. The number of carbonyl (C=O) groups excluding carboxylic acids is 2. The third-order valence-electron chi connectivity index (χ3n) is 6.43. The van der Waals surface area contributed by atoms with Gasteiger partial charge in [-0.2, -0.15) is 0 Å². The summed E-state index contributed by atoms with van der Waals surface area (Å²) in [6.45, 7) is 1.70.